The Morgan fingerprint density at radius 1 is 1.41 bits per heavy atom. The lowest BCUT2D eigenvalue weighted by atomic mass is 10.1. The van der Waals surface area contributed by atoms with Gasteiger partial charge in [-0.25, -0.2) is 0 Å². The van der Waals surface area contributed by atoms with Crippen molar-refractivity contribution < 1.29 is 13.9 Å². The second kappa shape index (κ2) is 7.53. The van der Waals surface area contributed by atoms with E-state index in [-0.39, 0.29) is 12.9 Å². The summed E-state index contributed by atoms with van der Waals surface area (Å²) in [5.41, 5.74) is 6.74. The summed E-state index contributed by atoms with van der Waals surface area (Å²) in [5, 5.41) is 0. The minimum Gasteiger partial charge on any atom is -0.496 e. The van der Waals surface area contributed by atoms with E-state index in [1.807, 2.05) is 18.2 Å². The van der Waals surface area contributed by atoms with Crippen molar-refractivity contribution >= 4 is 11.8 Å². The van der Waals surface area contributed by atoms with Gasteiger partial charge in [0.1, 0.15) is 12.0 Å². The van der Waals surface area contributed by atoms with Gasteiger partial charge in [-0.2, -0.15) is 0 Å². The molecule has 5 heteroatoms. The Balaban J connectivity index is 2.77. The lowest BCUT2D eigenvalue weighted by Gasteiger charge is -2.12. The number of alkyl halides is 1. The average Bonchev–Trinajstić information content (AvgIpc) is 2.36. The minimum absolute atomic E-state index is 0.316. The third kappa shape index (κ3) is 4.53. The van der Waals surface area contributed by atoms with Crippen LogP contribution in [0.25, 0.3) is 0 Å². The highest BCUT2D eigenvalue weighted by Gasteiger charge is 2.07. The van der Waals surface area contributed by atoms with Gasteiger partial charge in [0.15, 0.2) is 0 Å². The molecule has 0 aliphatic carbocycles. The van der Waals surface area contributed by atoms with Crippen LogP contribution in [0.3, 0.4) is 0 Å². The molecule has 1 atom stereocenters. The smallest absolute Gasteiger partial charge is 0.132 e. The van der Waals surface area contributed by atoms with Gasteiger partial charge in [0, 0.05) is 24.2 Å². The predicted molar refractivity (Wildman–Crippen MR) is 68.4 cm³/mol. The van der Waals surface area contributed by atoms with Gasteiger partial charge in [-0.05, 0) is 17.7 Å². The Morgan fingerprint density at radius 2 is 2.18 bits per heavy atom. The maximum absolute atomic E-state index is 12.1. The fourth-order valence-corrected chi connectivity index (χ4v) is 2.17. The number of rotatable bonds is 7. The maximum atomic E-state index is 12.1. The molecule has 0 bridgehead atoms. The molecule has 0 heterocycles. The predicted octanol–water partition coefficient (Wildman–Crippen LogP) is 2.23. The second-order valence-electron chi connectivity index (χ2n) is 3.50. The Bertz CT molecular complexity index is 349. The number of halogens is 1. The third-order valence-electron chi connectivity index (χ3n) is 2.30. The molecule has 0 radical (unpaired) electrons. The number of ether oxygens (including phenoxy) is 2. The zero-order valence-electron chi connectivity index (χ0n) is 10.1. The van der Waals surface area contributed by atoms with E-state index in [0.717, 1.165) is 16.2 Å². The van der Waals surface area contributed by atoms with Gasteiger partial charge in [0.25, 0.3) is 0 Å². The van der Waals surface area contributed by atoms with Gasteiger partial charge in [0.2, 0.25) is 0 Å². The van der Waals surface area contributed by atoms with Crippen molar-refractivity contribution in [1.82, 2.24) is 0 Å². The zero-order chi connectivity index (χ0) is 12.7. The number of hydrogen-bond donors (Lipinski definition) is 1. The molecule has 0 spiro atoms. The summed E-state index contributed by atoms with van der Waals surface area (Å²) in [6, 6.07) is 5.80. The van der Waals surface area contributed by atoms with E-state index in [1.165, 1.54) is 11.8 Å². The van der Waals surface area contributed by atoms with Crippen LogP contribution in [0.1, 0.15) is 5.56 Å². The van der Waals surface area contributed by atoms with E-state index in [1.54, 1.807) is 14.2 Å². The van der Waals surface area contributed by atoms with Gasteiger partial charge < -0.3 is 15.2 Å². The summed E-state index contributed by atoms with van der Waals surface area (Å²) in [7, 11) is 3.18. The number of benzene rings is 1. The largest absolute Gasteiger partial charge is 0.496 e. The number of thioether (sulfide) groups is 1. The Labute approximate surface area is 105 Å². The van der Waals surface area contributed by atoms with E-state index in [9.17, 15) is 4.39 Å². The summed E-state index contributed by atoms with van der Waals surface area (Å²) in [6.07, 6.45) is 0.310. The summed E-state index contributed by atoms with van der Waals surface area (Å²) in [5.74, 6) is 1.19. The Hall–Kier alpha value is -0.780. The lowest BCUT2D eigenvalue weighted by Crippen LogP contribution is -2.24. The van der Waals surface area contributed by atoms with Gasteiger partial charge in [-0.15, -0.1) is 11.8 Å². The molecular weight excluding hydrogens is 241 g/mol. The SMILES string of the molecule is COc1cc(CC(N)OC)ccc1SCCF. The molecule has 1 unspecified atom stereocenters. The van der Waals surface area contributed by atoms with Crippen molar-refractivity contribution in [2.45, 2.75) is 17.5 Å². The number of methoxy groups -OCH3 is 2. The molecule has 0 aromatic heterocycles. The number of nitrogens with two attached hydrogens (primary N) is 1. The van der Waals surface area contributed by atoms with Crippen molar-refractivity contribution in [3.05, 3.63) is 23.8 Å². The monoisotopic (exact) mass is 259 g/mol. The summed E-state index contributed by atoms with van der Waals surface area (Å²) in [4.78, 5) is 0.944. The standard InChI is InChI=1S/C12H18FNO2S/c1-15-10-7-9(8-12(14)16-2)3-4-11(10)17-6-5-13/h3-4,7,12H,5-6,8,14H2,1-2H3. The summed E-state index contributed by atoms with van der Waals surface area (Å²) >= 11 is 1.44. The van der Waals surface area contributed by atoms with E-state index >= 15 is 0 Å². The molecule has 2 N–H and O–H groups in total. The molecule has 0 aliphatic rings. The van der Waals surface area contributed by atoms with E-state index in [4.69, 9.17) is 15.2 Å². The van der Waals surface area contributed by atoms with Crippen LogP contribution in [0, 0.1) is 0 Å². The summed E-state index contributed by atoms with van der Waals surface area (Å²) < 4.78 is 22.4. The first-order valence-electron chi connectivity index (χ1n) is 5.35. The van der Waals surface area contributed by atoms with E-state index in [0.29, 0.717) is 12.2 Å². The van der Waals surface area contributed by atoms with Crippen molar-refractivity contribution in [2.75, 3.05) is 26.6 Å². The maximum Gasteiger partial charge on any atom is 0.132 e. The molecular formula is C12H18FNO2S. The normalized spacial score (nSPS) is 12.5. The van der Waals surface area contributed by atoms with Crippen LogP contribution in [0.5, 0.6) is 5.75 Å². The molecule has 1 aromatic rings. The molecule has 0 saturated carbocycles. The molecule has 0 aliphatic heterocycles. The van der Waals surface area contributed by atoms with Crippen LogP contribution in [-0.2, 0) is 11.2 Å². The van der Waals surface area contributed by atoms with E-state index in [2.05, 4.69) is 0 Å². The molecule has 1 rings (SSSR count). The second-order valence-corrected chi connectivity index (χ2v) is 4.64. The van der Waals surface area contributed by atoms with Crippen LogP contribution in [0.15, 0.2) is 23.1 Å². The molecule has 1 aromatic carbocycles. The molecule has 0 amide bonds. The quantitative estimate of drug-likeness (QED) is 0.602. The van der Waals surface area contributed by atoms with Gasteiger partial charge in [0.05, 0.1) is 13.8 Å². The van der Waals surface area contributed by atoms with Crippen molar-refractivity contribution in [1.29, 1.82) is 0 Å². The van der Waals surface area contributed by atoms with Crippen LogP contribution in [0.4, 0.5) is 4.39 Å². The molecule has 3 nitrogen and oxygen atoms in total. The topological polar surface area (TPSA) is 44.5 Å². The van der Waals surface area contributed by atoms with Crippen LogP contribution in [-0.4, -0.2) is 32.9 Å². The van der Waals surface area contributed by atoms with E-state index < -0.39 is 0 Å². The Kier molecular flexibility index (Phi) is 6.32. The van der Waals surface area contributed by atoms with Crippen LogP contribution >= 0.6 is 11.8 Å². The molecule has 17 heavy (non-hydrogen) atoms. The highest BCUT2D eigenvalue weighted by atomic mass is 32.2. The van der Waals surface area contributed by atoms with Crippen LogP contribution in [0.2, 0.25) is 0 Å². The molecule has 96 valence electrons. The fourth-order valence-electron chi connectivity index (χ4n) is 1.42. The summed E-state index contributed by atoms with van der Waals surface area (Å²) in [6.45, 7) is -0.343. The molecule has 0 saturated heterocycles. The number of hydrogen-bond acceptors (Lipinski definition) is 4. The first-order valence-corrected chi connectivity index (χ1v) is 6.34. The van der Waals surface area contributed by atoms with Crippen LogP contribution < -0.4 is 10.5 Å². The van der Waals surface area contributed by atoms with Gasteiger partial charge >= 0.3 is 0 Å². The fraction of sp³-hybridized carbons (Fsp3) is 0.500. The first kappa shape index (κ1) is 14.3. The highest BCUT2D eigenvalue weighted by molar-refractivity contribution is 7.99. The zero-order valence-corrected chi connectivity index (χ0v) is 10.9. The molecule has 0 fully saturated rings. The van der Waals surface area contributed by atoms with Crippen molar-refractivity contribution in [3.63, 3.8) is 0 Å². The van der Waals surface area contributed by atoms with Gasteiger partial charge in [-0.3, -0.25) is 4.39 Å². The average molecular weight is 259 g/mol. The highest BCUT2D eigenvalue weighted by Crippen LogP contribution is 2.30. The third-order valence-corrected chi connectivity index (χ3v) is 3.31. The van der Waals surface area contributed by atoms with Gasteiger partial charge in [-0.1, -0.05) is 6.07 Å². The first-order chi connectivity index (χ1) is 8.21. The lowest BCUT2D eigenvalue weighted by molar-refractivity contribution is 0.109. The Morgan fingerprint density at radius 3 is 2.76 bits per heavy atom. The van der Waals surface area contributed by atoms with Crippen molar-refractivity contribution in [3.8, 4) is 5.75 Å². The minimum atomic E-state index is -0.343. The van der Waals surface area contributed by atoms with Crippen molar-refractivity contribution in [2.24, 2.45) is 5.73 Å².